The normalized spacial score (nSPS) is 22.3. The zero-order valence-corrected chi connectivity index (χ0v) is 10.7. The lowest BCUT2D eigenvalue weighted by molar-refractivity contribution is -0.387. The van der Waals surface area contributed by atoms with Crippen LogP contribution in [0.15, 0.2) is 18.2 Å². The number of hydrogen-bond acceptors (Lipinski definition) is 4. The fourth-order valence-corrected chi connectivity index (χ4v) is 2.33. The smallest absolute Gasteiger partial charge is 0.305 e. The standard InChI is InChI=1S/C13H15FN2O4/c14-9-6-5-8(7-11(9)16(19)20)13(18)15-10-3-1-2-4-12(10)17/h5-7,10,12,17H,1-4H2,(H,15,18)/t10-,12-/m0/s1. The highest BCUT2D eigenvalue weighted by Gasteiger charge is 2.25. The molecule has 1 saturated carbocycles. The van der Waals surface area contributed by atoms with Gasteiger partial charge in [-0.1, -0.05) is 12.8 Å². The summed E-state index contributed by atoms with van der Waals surface area (Å²) in [6, 6.07) is 2.62. The Morgan fingerprint density at radius 3 is 2.75 bits per heavy atom. The first kappa shape index (κ1) is 14.4. The zero-order valence-electron chi connectivity index (χ0n) is 10.7. The molecule has 108 valence electrons. The van der Waals surface area contributed by atoms with E-state index in [-0.39, 0.29) is 11.6 Å². The van der Waals surface area contributed by atoms with Crippen LogP contribution >= 0.6 is 0 Å². The van der Waals surface area contributed by atoms with Crippen LogP contribution in [0.3, 0.4) is 0 Å². The lowest BCUT2D eigenvalue weighted by Crippen LogP contribution is -2.45. The maximum atomic E-state index is 13.2. The fraction of sp³-hybridized carbons (Fsp3) is 0.462. The Kier molecular flexibility index (Phi) is 4.29. The molecule has 1 aliphatic rings. The number of halogens is 1. The Labute approximate surface area is 114 Å². The second-order valence-electron chi connectivity index (χ2n) is 4.86. The Morgan fingerprint density at radius 1 is 1.40 bits per heavy atom. The summed E-state index contributed by atoms with van der Waals surface area (Å²) >= 11 is 0. The molecule has 0 radical (unpaired) electrons. The minimum absolute atomic E-state index is 0.0101. The summed E-state index contributed by atoms with van der Waals surface area (Å²) in [7, 11) is 0. The highest BCUT2D eigenvalue weighted by molar-refractivity contribution is 5.95. The number of rotatable bonds is 3. The van der Waals surface area contributed by atoms with E-state index in [2.05, 4.69) is 5.32 Å². The molecule has 6 nitrogen and oxygen atoms in total. The number of amides is 1. The number of nitrogens with zero attached hydrogens (tertiary/aromatic N) is 1. The molecular weight excluding hydrogens is 267 g/mol. The molecule has 0 saturated heterocycles. The number of hydrogen-bond donors (Lipinski definition) is 2. The zero-order chi connectivity index (χ0) is 14.7. The Balaban J connectivity index is 2.13. The molecule has 0 bridgehead atoms. The van der Waals surface area contributed by atoms with Crippen LogP contribution in [-0.2, 0) is 0 Å². The van der Waals surface area contributed by atoms with E-state index in [4.69, 9.17) is 0 Å². The summed E-state index contributed by atoms with van der Waals surface area (Å²) in [5, 5.41) is 23.0. The Hall–Kier alpha value is -2.02. The van der Waals surface area contributed by atoms with Crippen molar-refractivity contribution >= 4 is 11.6 Å². The third kappa shape index (κ3) is 3.11. The lowest BCUT2D eigenvalue weighted by Gasteiger charge is -2.28. The van der Waals surface area contributed by atoms with Crippen molar-refractivity contribution in [3.63, 3.8) is 0 Å². The van der Waals surface area contributed by atoms with Crippen LogP contribution in [0, 0.1) is 15.9 Å². The van der Waals surface area contributed by atoms with Crippen LogP contribution in [-0.4, -0.2) is 28.1 Å². The van der Waals surface area contributed by atoms with E-state index in [0.717, 1.165) is 25.0 Å². The summed E-state index contributed by atoms with van der Waals surface area (Å²) in [4.78, 5) is 21.7. The molecule has 1 aromatic carbocycles. The van der Waals surface area contributed by atoms with Gasteiger partial charge in [0.25, 0.3) is 5.91 Å². The van der Waals surface area contributed by atoms with Gasteiger partial charge in [-0.05, 0) is 25.0 Å². The minimum atomic E-state index is -0.982. The maximum Gasteiger partial charge on any atom is 0.305 e. The highest BCUT2D eigenvalue weighted by atomic mass is 19.1. The minimum Gasteiger partial charge on any atom is -0.391 e. The predicted octanol–water partition coefficient (Wildman–Crippen LogP) is 1.77. The summed E-state index contributed by atoms with van der Waals surface area (Å²) in [5.74, 6) is -1.52. The highest BCUT2D eigenvalue weighted by Crippen LogP contribution is 2.21. The monoisotopic (exact) mass is 282 g/mol. The van der Waals surface area contributed by atoms with Gasteiger partial charge < -0.3 is 10.4 Å². The average Bonchev–Trinajstić information content (AvgIpc) is 2.41. The SMILES string of the molecule is O=C(N[C@H]1CCCC[C@@H]1O)c1ccc(F)c([N+](=O)[O-])c1. The van der Waals surface area contributed by atoms with Crippen LogP contribution in [0.1, 0.15) is 36.0 Å². The molecule has 0 unspecified atom stereocenters. The molecule has 2 rings (SSSR count). The van der Waals surface area contributed by atoms with Crippen molar-refractivity contribution in [2.75, 3.05) is 0 Å². The topological polar surface area (TPSA) is 92.5 Å². The number of aliphatic hydroxyl groups is 1. The molecule has 2 atom stereocenters. The Morgan fingerprint density at radius 2 is 2.10 bits per heavy atom. The van der Waals surface area contributed by atoms with Gasteiger partial charge in [0.2, 0.25) is 5.82 Å². The molecule has 1 aliphatic carbocycles. The third-order valence-electron chi connectivity index (χ3n) is 3.45. The van der Waals surface area contributed by atoms with Crippen molar-refractivity contribution in [1.82, 2.24) is 5.32 Å². The van der Waals surface area contributed by atoms with E-state index >= 15 is 0 Å². The number of carbonyl (C=O) groups excluding carboxylic acids is 1. The van der Waals surface area contributed by atoms with Gasteiger partial charge in [-0.15, -0.1) is 0 Å². The first-order valence-corrected chi connectivity index (χ1v) is 6.42. The average molecular weight is 282 g/mol. The number of carbonyl (C=O) groups is 1. The van der Waals surface area contributed by atoms with Gasteiger partial charge in [-0.25, -0.2) is 0 Å². The van der Waals surface area contributed by atoms with Gasteiger partial charge in [0.1, 0.15) is 0 Å². The summed E-state index contributed by atoms with van der Waals surface area (Å²) in [6.45, 7) is 0. The lowest BCUT2D eigenvalue weighted by atomic mass is 9.92. The maximum absolute atomic E-state index is 13.2. The van der Waals surface area contributed by atoms with Crippen molar-refractivity contribution < 1.29 is 19.2 Å². The second kappa shape index (κ2) is 5.96. The molecule has 0 aromatic heterocycles. The van der Waals surface area contributed by atoms with Crippen LogP contribution in [0.25, 0.3) is 0 Å². The summed E-state index contributed by atoms with van der Waals surface area (Å²) in [5.41, 5.74) is -0.724. The first-order chi connectivity index (χ1) is 9.49. The molecule has 1 fully saturated rings. The predicted molar refractivity (Wildman–Crippen MR) is 68.8 cm³/mol. The van der Waals surface area contributed by atoms with Crippen LogP contribution in [0.5, 0.6) is 0 Å². The van der Waals surface area contributed by atoms with E-state index in [9.17, 15) is 24.4 Å². The Bertz CT molecular complexity index is 535. The third-order valence-corrected chi connectivity index (χ3v) is 3.45. The number of aliphatic hydroxyl groups excluding tert-OH is 1. The number of nitro groups is 1. The van der Waals surface area contributed by atoms with Crippen molar-refractivity contribution in [1.29, 1.82) is 0 Å². The molecule has 20 heavy (non-hydrogen) atoms. The van der Waals surface area contributed by atoms with Crippen molar-refractivity contribution in [2.45, 2.75) is 37.8 Å². The molecule has 2 N–H and O–H groups in total. The molecule has 0 spiro atoms. The molecule has 7 heteroatoms. The number of nitrogens with one attached hydrogen (secondary N) is 1. The van der Waals surface area contributed by atoms with Gasteiger partial charge in [0.15, 0.2) is 0 Å². The van der Waals surface area contributed by atoms with E-state index < -0.39 is 28.4 Å². The van der Waals surface area contributed by atoms with E-state index in [1.54, 1.807) is 0 Å². The second-order valence-corrected chi connectivity index (χ2v) is 4.86. The van der Waals surface area contributed by atoms with Gasteiger partial charge in [-0.3, -0.25) is 14.9 Å². The largest absolute Gasteiger partial charge is 0.391 e. The molecule has 1 amide bonds. The van der Waals surface area contributed by atoms with E-state index in [0.29, 0.717) is 12.8 Å². The molecule has 0 aliphatic heterocycles. The van der Waals surface area contributed by atoms with Crippen molar-refractivity contribution in [3.8, 4) is 0 Å². The van der Waals surface area contributed by atoms with Gasteiger partial charge in [0.05, 0.1) is 17.1 Å². The molecule has 0 heterocycles. The van der Waals surface area contributed by atoms with Crippen LogP contribution in [0.2, 0.25) is 0 Å². The quantitative estimate of drug-likeness (QED) is 0.652. The molecule has 1 aromatic rings. The molecular formula is C13H15FN2O4. The van der Waals surface area contributed by atoms with Gasteiger partial charge in [-0.2, -0.15) is 4.39 Å². The summed E-state index contributed by atoms with van der Waals surface area (Å²) < 4.78 is 13.2. The van der Waals surface area contributed by atoms with Crippen LogP contribution in [0.4, 0.5) is 10.1 Å². The van der Waals surface area contributed by atoms with E-state index in [1.807, 2.05) is 0 Å². The van der Waals surface area contributed by atoms with Crippen LogP contribution < -0.4 is 5.32 Å². The summed E-state index contributed by atoms with van der Waals surface area (Å²) in [6.07, 6.45) is 2.49. The number of nitro benzene ring substituents is 1. The van der Waals surface area contributed by atoms with Crippen molar-refractivity contribution in [2.24, 2.45) is 0 Å². The van der Waals surface area contributed by atoms with E-state index in [1.165, 1.54) is 6.07 Å². The number of benzene rings is 1. The first-order valence-electron chi connectivity index (χ1n) is 6.42. The van der Waals surface area contributed by atoms with Gasteiger partial charge in [0, 0.05) is 11.6 Å². The van der Waals surface area contributed by atoms with Crippen molar-refractivity contribution in [3.05, 3.63) is 39.7 Å². The fourth-order valence-electron chi connectivity index (χ4n) is 2.33. The van der Waals surface area contributed by atoms with Gasteiger partial charge >= 0.3 is 5.69 Å².